The van der Waals surface area contributed by atoms with E-state index in [1.165, 1.54) is 32.1 Å². The van der Waals surface area contributed by atoms with Crippen LogP contribution in [0.25, 0.3) is 27.5 Å². The molecule has 0 saturated heterocycles. The third-order valence-electron chi connectivity index (χ3n) is 5.09. The van der Waals surface area contributed by atoms with Gasteiger partial charge < -0.3 is 5.32 Å². The van der Waals surface area contributed by atoms with Gasteiger partial charge in [-0.1, -0.05) is 49.6 Å². The fourth-order valence-corrected chi connectivity index (χ4v) is 3.89. The average molecular weight is 316 g/mol. The summed E-state index contributed by atoms with van der Waals surface area (Å²) in [5, 5.41) is 9.72. The fraction of sp³-hybridized carbons (Fsp3) is 0.300. The van der Waals surface area contributed by atoms with E-state index in [-0.39, 0.29) is 0 Å². The maximum atomic E-state index is 4.95. The molecule has 0 radical (unpaired) electrons. The number of aromatic nitrogens is 3. The van der Waals surface area contributed by atoms with Gasteiger partial charge in [-0.2, -0.15) is 5.10 Å². The minimum absolute atomic E-state index is 0.518. The number of para-hydroxylation sites is 2. The standard InChI is InChI=1S/C20H20N4/c1-2-8-14(9-3-1)21-20-19-15-10-4-5-11-16(15)23-24(19)18-13-7-6-12-17(18)22-20/h4-7,10-14H,1-3,8-9H2,(H,21,22). The second-order valence-corrected chi connectivity index (χ2v) is 6.71. The van der Waals surface area contributed by atoms with Gasteiger partial charge in [-0.25, -0.2) is 9.50 Å². The van der Waals surface area contributed by atoms with Gasteiger partial charge in [-0.05, 0) is 31.0 Å². The Morgan fingerprint density at radius 2 is 1.62 bits per heavy atom. The summed E-state index contributed by atoms with van der Waals surface area (Å²) in [6.07, 6.45) is 6.43. The van der Waals surface area contributed by atoms with Crippen LogP contribution in [0.4, 0.5) is 5.82 Å². The van der Waals surface area contributed by atoms with Crippen LogP contribution in [0.15, 0.2) is 48.5 Å². The molecule has 120 valence electrons. The molecule has 0 unspecified atom stereocenters. The molecule has 2 heterocycles. The second kappa shape index (κ2) is 5.48. The monoisotopic (exact) mass is 316 g/mol. The Morgan fingerprint density at radius 3 is 2.50 bits per heavy atom. The maximum Gasteiger partial charge on any atom is 0.153 e. The normalized spacial score (nSPS) is 16.2. The Balaban J connectivity index is 1.79. The van der Waals surface area contributed by atoms with Crippen LogP contribution in [0.5, 0.6) is 0 Å². The van der Waals surface area contributed by atoms with Crippen molar-refractivity contribution in [2.45, 2.75) is 38.1 Å². The zero-order chi connectivity index (χ0) is 15.9. The summed E-state index contributed by atoms with van der Waals surface area (Å²) >= 11 is 0. The minimum Gasteiger partial charge on any atom is -0.366 e. The van der Waals surface area contributed by atoms with Gasteiger partial charge in [0.2, 0.25) is 0 Å². The van der Waals surface area contributed by atoms with Crippen LogP contribution < -0.4 is 5.32 Å². The molecule has 0 atom stereocenters. The van der Waals surface area contributed by atoms with Crippen molar-refractivity contribution in [1.82, 2.24) is 14.6 Å². The predicted molar refractivity (Wildman–Crippen MR) is 98.5 cm³/mol. The summed E-state index contributed by atoms with van der Waals surface area (Å²) in [6.45, 7) is 0. The van der Waals surface area contributed by atoms with E-state index < -0.39 is 0 Å². The van der Waals surface area contributed by atoms with Crippen molar-refractivity contribution in [2.75, 3.05) is 5.32 Å². The third kappa shape index (κ3) is 2.13. The summed E-state index contributed by atoms with van der Waals surface area (Å²) in [7, 11) is 0. The molecule has 1 N–H and O–H groups in total. The Morgan fingerprint density at radius 1 is 0.875 bits per heavy atom. The van der Waals surface area contributed by atoms with E-state index in [9.17, 15) is 0 Å². The fourth-order valence-electron chi connectivity index (χ4n) is 3.89. The number of hydrogen-bond acceptors (Lipinski definition) is 3. The maximum absolute atomic E-state index is 4.95. The van der Waals surface area contributed by atoms with Crippen LogP contribution in [-0.2, 0) is 0 Å². The van der Waals surface area contributed by atoms with E-state index in [1.54, 1.807) is 0 Å². The number of rotatable bonds is 2. The molecule has 2 aromatic carbocycles. The van der Waals surface area contributed by atoms with Crippen LogP contribution in [0.1, 0.15) is 32.1 Å². The van der Waals surface area contributed by atoms with Crippen LogP contribution in [0.3, 0.4) is 0 Å². The zero-order valence-corrected chi connectivity index (χ0v) is 13.6. The van der Waals surface area contributed by atoms with Crippen molar-refractivity contribution in [1.29, 1.82) is 0 Å². The van der Waals surface area contributed by atoms with E-state index in [4.69, 9.17) is 10.1 Å². The number of nitrogens with zero attached hydrogens (tertiary/aromatic N) is 3. The molecule has 0 bridgehead atoms. The summed E-state index contributed by atoms with van der Waals surface area (Å²) in [4.78, 5) is 4.95. The van der Waals surface area contributed by atoms with Crippen molar-refractivity contribution in [3.05, 3.63) is 48.5 Å². The van der Waals surface area contributed by atoms with Crippen LogP contribution in [0.2, 0.25) is 0 Å². The Bertz CT molecular complexity index is 1030. The molecule has 1 aliphatic rings. The number of fused-ring (bicyclic) bond motifs is 5. The minimum atomic E-state index is 0.518. The first-order chi connectivity index (χ1) is 11.9. The smallest absolute Gasteiger partial charge is 0.153 e. The summed E-state index contributed by atoms with van der Waals surface area (Å²) in [6, 6.07) is 17.1. The molecule has 1 fully saturated rings. The molecule has 4 heteroatoms. The van der Waals surface area contributed by atoms with Crippen molar-refractivity contribution < 1.29 is 0 Å². The number of nitrogens with one attached hydrogen (secondary N) is 1. The number of anilines is 1. The second-order valence-electron chi connectivity index (χ2n) is 6.71. The third-order valence-corrected chi connectivity index (χ3v) is 5.09. The molecule has 0 spiro atoms. The predicted octanol–water partition coefficient (Wildman–Crippen LogP) is 4.78. The summed E-state index contributed by atoms with van der Waals surface area (Å²) < 4.78 is 2.05. The molecule has 1 aliphatic carbocycles. The van der Waals surface area contributed by atoms with Crippen molar-refractivity contribution >= 4 is 33.3 Å². The van der Waals surface area contributed by atoms with E-state index in [0.29, 0.717) is 6.04 Å². The van der Waals surface area contributed by atoms with Gasteiger partial charge >= 0.3 is 0 Å². The van der Waals surface area contributed by atoms with Gasteiger partial charge in [-0.15, -0.1) is 0 Å². The molecule has 4 aromatic rings. The molecular formula is C20H20N4. The first-order valence-corrected chi connectivity index (χ1v) is 8.83. The van der Waals surface area contributed by atoms with E-state index in [0.717, 1.165) is 33.3 Å². The van der Waals surface area contributed by atoms with Crippen molar-refractivity contribution in [3.63, 3.8) is 0 Å². The topological polar surface area (TPSA) is 42.2 Å². The van der Waals surface area contributed by atoms with Crippen molar-refractivity contribution in [2.24, 2.45) is 0 Å². The highest BCUT2D eigenvalue weighted by atomic mass is 15.3. The van der Waals surface area contributed by atoms with Crippen molar-refractivity contribution in [3.8, 4) is 0 Å². The summed E-state index contributed by atoms with van der Waals surface area (Å²) in [5.41, 5.74) is 4.14. The SMILES string of the molecule is c1ccc2c(c1)nn1c3ccccc3nc(NC3CCCCC3)c21. The Labute approximate surface area is 140 Å². The lowest BCUT2D eigenvalue weighted by molar-refractivity contribution is 0.462. The number of hydrogen-bond donors (Lipinski definition) is 1. The molecule has 5 rings (SSSR count). The first-order valence-electron chi connectivity index (χ1n) is 8.83. The van der Waals surface area contributed by atoms with Gasteiger partial charge in [-0.3, -0.25) is 0 Å². The van der Waals surface area contributed by atoms with Crippen LogP contribution >= 0.6 is 0 Å². The first kappa shape index (κ1) is 13.8. The molecule has 2 aromatic heterocycles. The zero-order valence-electron chi connectivity index (χ0n) is 13.6. The average Bonchev–Trinajstić information content (AvgIpc) is 3.03. The molecule has 24 heavy (non-hydrogen) atoms. The van der Waals surface area contributed by atoms with E-state index >= 15 is 0 Å². The van der Waals surface area contributed by atoms with E-state index in [2.05, 4.69) is 40.2 Å². The Hall–Kier alpha value is -2.62. The van der Waals surface area contributed by atoms with Crippen LogP contribution in [0, 0.1) is 0 Å². The van der Waals surface area contributed by atoms with Gasteiger partial charge in [0.05, 0.1) is 16.6 Å². The largest absolute Gasteiger partial charge is 0.366 e. The highest BCUT2D eigenvalue weighted by Crippen LogP contribution is 2.30. The van der Waals surface area contributed by atoms with Gasteiger partial charge in [0.25, 0.3) is 0 Å². The molecule has 4 nitrogen and oxygen atoms in total. The summed E-state index contributed by atoms with van der Waals surface area (Å²) in [5.74, 6) is 0.967. The lowest BCUT2D eigenvalue weighted by Gasteiger charge is -2.23. The quantitative estimate of drug-likeness (QED) is 0.578. The molecule has 1 saturated carbocycles. The lowest BCUT2D eigenvalue weighted by Crippen LogP contribution is -2.23. The van der Waals surface area contributed by atoms with Gasteiger partial charge in [0.1, 0.15) is 5.52 Å². The Kier molecular flexibility index (Phi) is 3.15. The lowest BCUT2D eigenvalue weighted by atomic mass is 9.95. The number of benzene rings is 2. The van der Waals surface area contributed by atoms with Gasteiger partial charge in [0, 0.05) is 11.4 Å². The van der Waals surface area contributed by atoms with Crippen LogP contribution in [-0.4, -0.2) is 20.6 Å². The van der Waals surface area contributed by atoms with Gasteiger partial charge in [0.15, 0.2) is 5.82 Å². The molecule has 0 aliphatic heterocycles. The highest BCUT2D eigenvalue weighted by Gasteiger charge is 2.18. The van der Waals surface area contributed by atoms with E-state index in [1.807, 2.05) is 18.2 Å². The molecule has 0 amide bonds. The highest BCUT2D eigenvalue weighted by molar-refractivity contribution is 6.02. The molecular weight excluding hydrogens is 296 g/mol.